The van der Waals surface area contributed by atoms with E-state index in [-0.39, 0.29) is 11.8 Å². The van der Waals surface area contributed by atoms with Gasteiger partial charge in [0.15, 0.2) is 0 Å². The van der Waals surface area contributed by atoms with Crippen molar-refractivity contribution in [3.8, 4) is 11.4 Å². The molecule has 6 aromatic carbocycles. The SMILES string of the molecule is O=C1c2c(c3c(c4ccccc4n3-c3ccccc3)c3c4ccccc4n(-c4ccccc4)c23)C(=O)N1c1ccc(Br)cc1. The molecule has 6 heteroatoms. The number of anilines is 1. The van der Waals surface area contributed by atoms with Gasteiger partial charge in [-0.05, 0) is 60.7 Å². The maximum atomic E-state index is 14.7. The summed E-state index contributed by atoms with van der Waals surface area (Å²) in [6, 6.07) is 44.0. The fourth-order valence-corrected chi connectivity index (χ4v) is 7.21. The predicted molar refractivity (Wildman–Crippen MR) is 180 cm³/mol. The van der Waals surface area contributed by atoms with Crippen molar-refractivity contribution in [1.82, 2.24) is 9.13 Å². The van der Waals surface area contributed by atoms with Gasteiger partial charge in [-0.25, -0.2) is 4.90 Å². The van der Waals surface area contributed by atoms with Crippen molar-refractivity contribution in [3.63, 3.8) is 0 Å². The van der Waals surface area contributed by atoms with Crippen LogP contribution in [0.2, 0.25) is 0 Å². The van der Waals surface area contributed by atoms with Crippen LogP contribution in [-0.4, -0.2) is 20.9 Å². The molecule has 9 rings (SSSR count). The minimum Gasteiger partial charge on any atom is -0.308 e. The van der Waals surface area contributed by atoms with Crippen LogP contribution in [0.5, 0.6) is 0 Å². The zero-order valence-corrected chi connectivity index (χ0v) is 24.8. The Morgan fingerprint density at radius 3 is 1.30 bits per heavy atom. The van der Waals surface area contributed by atoms with Gasteiger partial charge in [-0.15, -0.1) is 0 Å². The molecule has 0 saturated heterocycles. The molecule has 208 valence electrons. The fraction of sp³-hybridized carbons (Fsp3) is 0. The third-order valence-corrected chi connectivity index (χ3v) is 9.20. The van der Waals surface area contributed by atoms with Crippen molar-refractivity contribution in [3.05, 3.63) is 149 Å². The van der Waals surface area contributed by atoms with Gasteiger partial charge < -0.3 is 9.13 Å². The highest BCUT2D eigenvalue weighted by Gasteiger charge is 2.43. The van der Waals surface area contributed by atoms with Crippen LogP contribution in [0.15, 0.2) is 138 Å². The van der Waals surface area contributed by atoms with Gasteiger partial charge in [0.25, 0.3) is 11.8 Å². The molecule has 1 aliphatic heterocycles. The van der Waals surface area contributed by atoms with Crippen molar-refractivity contribution < 1.29 is 9.59 Å². The summed E-state index contributed by atoms with van der Waals surface area (Å²) in [7, 11) is 0. The quantitative estimate of drug-likeness (QED) is 0.182. The Balaban J connectivity index is 1.57. The number of halogens is 1. The first-order chi connectivity index (χ1) is 21.6. The van der Waals surface area contributed by atoms with E-state index in [4.69, 9.17) is 0 Å². The minimum atomic E-state index is -0.330. The number of hydrogen-bond acceptors (Lipinski definition) is 2. The summed E-state index contributed by atoms with van der Waals surface area (Å²) >= 11 is 3.49. The number of rotatable bonds is 3. The molecule has 2 aromatic heterocycles. The van der Waals surface area contributed by atoms with Gasteiger partial charge >= 0.3 is 0 Å². The van der Waals surface area contributed by atoms with E-state index in [1.807, 2.05) is 97.1 Å². The zero-order valence-electron chi connectivity index (χ0n) is 23.2. The molecule has 0 atom stereocenters. The van der Waals surface area contributed by atoms with Crippen LogP contribution in [0.25, 0.3) is 55.0 Å². The van der Waals surface area contributed by atoms with Crippen LogP contribution in [0.3, 0.4) is 0 Å². The van der Waals surface area contributed by atoms with Gasteiger partial charge in [0.05, 0.1) is 38.9 Å². The van der Waals surface area contributed by atoms with Crippen LogP contribution in [0.1, 0.15) is 20.7 Å². The highest BCUT2D eigenvalue weighted by Crippen LogP contribution is 2.48. The Hall–Kier alpha value is -5.46. The lowest BCUT2D eigenvalue weighted by atomic mass is 9.98. The number of nitrogens with zero attached hydrogens (tertiary/aromatic N) is 3. The van der Waals surface area contributed by atoms with Crippen molar-refractivity contribution in [2.24, 2.45) is 0 Å². The van der Waals surface area contributed by atoms with Crippen LogP contribution < -0.4 is 4.90 Å². The lowest BCUT2D eigenvalue weighted by molar-refractivity contribution is 0.0927. The zero-order chi connectivity index (χ0) is 29.5. The maximum absolute atomic E-state index is 14.7. The summed E-state index contributed by atoms with van der Waals surface area (Å²) in [5.41, 5.74) is 6.65. The van der Waals surface area contributed by atoms with E-state index in [0.29, 0.717) is 16.8 Å². The number of aromatic nitrogens is 2. The molecule has 0 N–H and O–H groups in total. The normalized spacial score (nSPS) is 13.2. The Morgan fingerprint density at radius 2 is 0.841 bits per heavy atom. The summed E-state index contributed by atoms with van der Waals surface area (Å²) in [6.07, 6.45) is 0. The van der Waals surface area contributed by atoms with E-state index < -0.39 is 0 Å². The standard InChI is InChI=1S/C38H22BrN3O2/c39-23-19-21-26(22-20-23)42-37(43)33-34(38(42)44)36-32(28-16-8-10-18-30(28)41(36)25-13-5-2-6-14-25)31-27-15-7-9-17-29(27)40(35(31)33)24-11-3-1-4-12-24/h1-22H. The van der Waals surface area contributed by atoms with Crippen LogP contribution in [-0.2, 0) is 0 Å². The molecule has 3 heterocycles. The highest BCUT2D eigenvalue weighted by atomic mass is 79.9. The van der Waals surface area contributed by atoms with Crippen molar-refractivity contribution in [1.29, 1.82) is 0 Å². The lowest BCUT2D eigenvalue weighted by Crippen LogP contribution is -2.29. The number of benzene rings is 6. The topological polar surface area (TPSA) is 47.2 Å². The summed E-state index contributed by atoms with van der Waals surface area (Å²) < 4.78 is 5.16. The second-order valence-corrected chi connectivity index (χ2v) is 11.9. The smallest absolute Gasteiger partial charge is 0.268 e. The Labute approximate surface area is 260 Å². The molecule has 5 nitrogen and oxygen atoms in total. The van der Waals surface area contributed by atoms with Crippen molar-refractivity contribution in [2.75, 3.05) is 4.90 Å². The number of carbonyl (C=O) groups excluding carboxylic acids is 2. The van der Waals surface area contributed by atoms with Gasteiger partial charge in [0, 0.05) is 37.4 Å². The summed E-state index contributed by atoms with van der Waals surface area (Å²) in [4.78, 5) is 30.8. The van der Waals surface area contributed by atoms with E-state index in [9.17, 15) is 9.59 Å². The van der Waals surface area contributed by atoms with Gasteiger partial charge in [-0.3, -0.25) is 9.59 Å². The molecule has 0 unspecified atom stereocenters. The molecule has 1 aliphatic rings. The van der Waals surface area contributed by atoms with Gasteiger partial charge in [0.2, 0.25) is 0 Å². The Kier molecular flexibility index (Phi) is 5.28. The number of carbonyl (C=O) groups is 2. The average molecular weight is 633 g/mol. The van der Waals surface area contributed by atoms with Crippen molar-refractivity contribution in [2.45, 2.75) is 0 Å². The number of hydrogen-bond donors (Lipinski definition) is 0. The monoisotopic (exact) mass is 631 g/mol. The van der Waals surface area contributed by atoms with E-state index in [2.05, 4.69) is 49.3 Å². The first-order valence-electron chi connectivity index (χ1n) is 14.4. The number of fused-ring (bicyclic) bond motifs is 10. The molecule has 0 fully saturated rings. The summed E-state index contributed by atoms with van der Waals surface area (Å²) in [6.45, 7) is 0. The van der Waals surface area contributed by atoms with Crippen LogP contribution in [0, 0.1) is 0 Å². The second-order valence-electron chi connectivity index (χ2n) is 11.0. The largest absolute Gasteiger partial charge is 0.308 e. The molecule has 0 spiro atoms. The van der Waals surface area contributed by atoms with Crippen molar-refractivity contribution >= 4 is 77.0 Å². The van der Waals surface area contributed by atoms with Gasteiger partial charge in [-0.2, -0.15) is 0 Å². The first-order valence-corrected chi connectivity index (χ1v) is 15.2. The molecule has 2 amide bonds. The van der Waals surface area contributed by atoms with Crippen LogP contribution in [0.4, 0.5) is 5.69 Å². The molecular weight excluding hydrogens is 610 g/mol. The van der Waals surface area contributed by atoms with Gasteiger partial charge in [0.1, 0.15) is 0 Å². The molecule has 0 saturated carbocycles. The lowest BCUT2D eigenvalue weighted by Gasteiger charge is -2.14. The fourth-order valence-electron chi connectivity index (χ4n) is 6.94. The number of para-hydroxylation sites is 4. The molecule has 0 bridgehead atoms. The van der Waals surface area contributed by atoms with E-state index in [1.165, 1.54) is 4.90 Å². The Morgan fingerprint density at radius 1 is 0.432 bits per heavy atom. The molecule has 0 aliphatic carbocycles. The predicted octanol–water partition coefficient (Wildman–Crippen LogP) is 9.44. The third kappa shape index (κ3) is 3.28. The first kappa shape index (κ1) is 25.1. The van der Waals surface area contributed by atoms with Gasteiger partial charge in [-0.1, -0.05) is 88.7 Å². The molecule has 8 aromatic rings. The minimum absolute atomic E-state index is 0.330. The number of amides is 2. The van der Waals surface area contributed by atoms with E-state index >= 15 is 0 Å². The molecule has 0 radical (unpaired) electrons. The summed E-state index contributed by atoms with van der Waals surface area (Å²) in [5.74, 6) is -0.659. The molecule has 44 heavy (non-hydrogen) atoms. The average Bonchev–Trinajstić information content (AvgIpc) is 3.67. The van der Waals surface area contributed by atoms with E-state index in [1.54, 1.807) is 12.1 Å². The Bertz CT molecular complexity index is 2320. The van der Waals surface area contributed by atoms with Crippen LogP contribution >= 0.6 is 15.9 Å². The maximum Gasteiger partial charge on any atom is 0.268 e. The highest BCUT2D eigenvalue weighted by molar-refractivity contribution is 9.10. The summed E-state index contributed by atoms with van der Waals surface area (Å²) in [5, 5.41) is 3.97. The van der Waals surface area contributed by atoms with E-state index in [0.717, 1.165) is 59.5 Å². The second kappa shape index (κ2) is 9.27. The number of imide groups is 1. The third-order valence-electron chi connectivity index (χ3n) is 8.67. The molecular formula is C38H22BrN3O2.